The third-order valence-electron chi connectivity index (χ3n) is 2.72. The SMILES string of the molecule is CC1COc2cc(Cl)ccc2N1C(=O)CC(F)(F)F. The number of hydrogen-bond donors (Lipinski definition) is 0. The number of alkyl halides is 3. The third kappa shape index (κ3) is 3.12. The Bertz CT molecular complexity index is 504. The van der Waals surface area contributed by atoms with Crippen molar-refractivity contribution in [2.75, 3.05) is 11.5 Å². The lowest BCUT2D eigenvalue weighted by atomic mass is 10.1. The zero-order chi connectivity index (χ0) is 14.2. The number of benzene rings is 1. The summed E-state index contributed by atoms with van der Waals surface area (Å²) in [6.45, 7) is 1.77. The molecule has 0 spiro atoms. The van der Waals surface area contributed by atoms with Gasteiger partial charge in [0.1, 0.15) is 18.8 Å². The van der Waals surface area contributed by atoms with Gasteiger partial charge in [0.2, 0.25) is 5.91 Å². The van der Waals surface area contributed by atoms with Crippen LogP contribution in [0.1, 0.15) is 13.3 Å². The highest BCUT2D eigenvalue weighted by Gasteiger charge is 2.37. The second-order valence-electron chi connectivity index (χ2n) is 4.33. The van der Waals surface area contributed by atoms with Crippen molar-refractivity contribution >= 4 is 23.2 Å². The molecule has 1 aromatic carbocycles. The van der Waals surface area contributed by atoms with Crippen LogP contribution in [0.3, 0.4) is 0 Å². The predicted octanol–water partition coefficient (Wildman–Crippen LogP) is 3.41. The lowest BCUT2D eigenvalue weighted by molar-refractivity contribution is -0.152. The molecule has 19 heavy (non-hydrogen) atoms. The van der Waals surface area contributed by atoms with Crippen LogP contribution in [-0.4, -0.2) is 24.7 Å². The van der Waals surface area contributed by atoms with Crippen molar-refractivity contribution in [2.24, 2.45) is 0 Å². The Kier molecular flexibility index (Phi) is 3.62. The molecule has 0 aromatic heterocycles. The van der Waals surface area contributed by atoms with E-state index in [1.165, 1.54) is 18.2 Å². The van der Waals surface area contributed by atoms with Gasteiger partial charge in [0, 0.05) is 11.1 Å². The summed E-state index contributed by atoms with van der Waals surface area (Å²) < 4.78 is 42.4. The second kappa shape index (κ2) is 4.92. The standard InChI is InChI=1S/C12H11ClF3NO2/c1-7-6-19-10-4-8(13)2-3-9(10)17(7)11(18)5-12(14,15)16/h2-4,7H,5-6H2,1H3. The number of halogens is 4. The number of rotatable bonds is 1. The summed E-state index contributed by atoms with van der Waals surface area (Å²) in [5.74, 6) is -0.673. The average Bonchev–Trinajstić information content (AvgIpc) is 2.26. The molecule has 7 heteroatoms. The van der Waals surface area contributed by atoms with Crippen LogP contribution in [-0.2, 0) is 4.79 Å². The third-order valence-corrected chi connectivity index (χ3v) is 2.96. The van der Waals surface area contributed by atoms with Crippen molar-refractivity contribution in [3.8, 4) is 5.75 Å². The molecule has 0 saturated carbocycles. The normalized spacial score (nSPS) is 18.8. The first kappa shape index (κ1) is 14.0. The molecular formula is C12H11ClF3NO2. The Morgan fingerprint density at radius 3 is 2.84 bits per heavy atom. The van der Waals surface area contributed by atoms with E-state index in [4.69, 9.17) is 16.3 Å². The highest BCUT2D eigenvalue weighted by molar-refractivity contribution is 6.30. The van der Waals surface area contributed by atoms with Crippen LogP contribution in [0, 0.1) is 0 Å². The summed E-state index contributed by atoms with van der Waals surface area (Å²) in [6, 6.07) is 4.02. The van der Waals surface area contributed by atoms with Gasteiger partial charge in [0.25, 0.3) is 0 Å². The molecule has 0 bridgehead atoms. The number of nitrogens with zero attached hydrogens (tertiary/aromatic N) is 1. The monoisotopic (exact) mass is 293 g/mol. The van der Waals surface area contributed by atoms with Gasteiger partial charge in [-0.05, 0) is 19.1 Å². The van der Waals surface area contributed by atoms with Crippen LogP contribution >= 0.6 is 11.6 Å². The van der Waals surface area contributed by atoms with E-state index >= 15 is 0 Å². The van der Waals surface area contributed by atoms with E-state index in [0.29, 0.717) is 16.5 Å². The summed E-state index contributed by atoms with van der Waals surface area (Å²) in [5.41, 5.74) is 0.317. The van der Waals surface area contributed by atoms with Crippen molar-refractivity contribution < 1.29 is 22.7 Å². The second-order valence-corrected chi connectivity index (χ2v) is 4.76. The molecule has 1 aliphatic heterocycles. The first-order valence-corrected chi connectivity index (χ1v) is 5.97. The number of fused-ring (bicyclic) bond motifs is 1. The number of ether oxygens (including phenoxy) is 1. The average molecular weight is 294 g/mol. The highest BCUT2D eigenvalue weighted by Crippen LogP contribution is 2.37. The predicted molar refractivity (Wildman–Crippen MR) is 64.6 cm³/mol. The molecular weight excluding hydrogens is 283 g/mol. The molecule has 0 fully saturated rings. The largest absolute Gasteiger partial charge is 0.489 e. The molecule has 1 unspecified atom stereocenters. The quantitative estimate of drug-likeness (QED) is 0.794. The maximum Gasteiger partial charge on any atom is 0.397 e. The number of amides is 1. The first-order chi connectivity index (χ1) is 8.78. The fourth-order valence-electron chi connectivity index (χ4n) is 1.96. The van der Waals surface area contributed by atoms with Gasteiger partial charge < -0.3 is 9.64 Å². The fourth-order valence-corrected chi connectivity index (χ4v) is 2.12. The van der Waals surface area contributed by atoms with E-state index in [9.17, 15) is 18.0 Å². The minimum absolute atomic E-state index is 0.136. The van der Waals surface area contributed by atoms with E-state index in [1.54, 1.807) is 6.92 Å². The number of hydrogen-bond acceptors (Lipinski definition) is 2. The maximum absolute atomic E-state index is 12.3. The topological polar surface area (TPSA) is 29.5 Å². The van der Waals surface area contributed by atoms with Crippen molar-refractivity contribution in [1.82, 2.24) is 0 Å². The lowest BCUT2D eigenvalue weighted by Gasteiger charge is -2.35. The van der Waals surface area contributed by atoms with Gasteiger partial charge in [0.05, 0.1) is 11.7 Å². The molecule has 0 radical (unpaired) electrons. The Hall–Kier alpha value is -1.43. The van der Waals surface area contributed by atoms with Crippen LogP contribution in [0.5, 0.6) is 5.75 Å². The van der Waals surface area contributed by atoms with Crippen molar-refractivity contribution in [3.05, 3.63) is 23.2 Å². The van der Waals surface area contributed by atoms with Gasteiger partial charge in [0.15, 0.2) is 0 Å². The van der Waals surface area contributed by atoms with E-state index in [0.717, 1.165) is 4.90 Å². The van der Waals surface area contributed by atoms with E-state index < -0.39 is 24.5 Å². The number of carbonyl (C=O) groups excluding carboxylic acids is 1. The molecule has 2 rings (SSSR count). The van der Waals surface area contributed by atoms with Crippen molar-refractivity contribution in [3.63, 3.8) is 0 Å². The number of anilines is 1. The molecule has 0 N–H and O–H groups in total. The van der Waals surface area contributed by atoms with Crippen LogP contribution in [0.15, 0.2) is 18.2 Å². The Labute approximate surface area is 112 Å². The van der Waals surface area contributed by atoms with Crippen LogP contribution in [0.2, 0.25) is 5.02 Å². The van der Waals surface area contributed by atoms with Gasteiger partial charge >= 0.3 is 6.18 Å². The van der Waals surface area contributed by atoms with Gasteiger partial charge in [-0.1, -0.05) is 11.6 Å². The summed E-state index contributed by atoms with van der Waals surface area (Å²) in [7, 11) is 0. The Balaban J connectivity index is 2.33. The van der Waals surface area contributed by atoms with Gasteiger partial charge in [-0.15, -0.1) is 0 Å². The Morgan fingerprint density at radius 1 is 1.53 bits per heavy atom. The van der Waals surface area contributed by atoms with Crippen LogP contribution in [0.25, 0.3) is 0 Å². The van der Waals surface area contributed by atoms with Gasteiger partial charge in [-0.25, -0.2) is 0 Å². The maximum atomic E-state index is 12.3. The molecule has 104 valence electrons. The molecule has 3 nitrogen and oxygen atoms in total. The van der Waals surface area contributed by atoms with Crippen LogP contribution < -0.4 is 9.64 Å². The van der Waals surface area contributed by atoms with Gasteiger partial charge in [-0.2, -0.15) is 13.2 Å². The molecule has 1 heterocycles. The molecule has 0 saturated heterocycles. The van der Waals surface area contributed by atoms with Crippen LogP contribution in [0.4, 0.5) is 18.9 Å². The number of carbonyl (C=O) groups is 1. The van der Waals surface area contributed by atoms with E-state index in [2.05, 4.69) is 0 Å². The van der Waals surface area contributed by atoms with E-state index in [1.807, 2.05) is 0 Å². The zero-order valence-electron chi connectivity index (χ0n) is 10.00. The van der Waals surface area contributed by atoms with Crippen molar-refractivity contribution in [2.45, 2.75) is 25.6 Å². The molecule has 1 amide bonds. The smallest absolute Gasteiger partial charge is 0.397 e. The Morgan fingerprint density at radius 2 is 2.21 bits per heavy atom. The van der Waals surface area contributed by atoms with Gasteiger partial charge in [-0.3, -0.25) is 4.79 Å². The zero-order valence-corrected chi connectivity index (χ0v) is 10.8. The van der Waals surface area contributed by atoms with E-state index in [-0.39, 0.29) is 6.61 Å². The summed E-state index contributed by atoms with van der Waals surface area (Å²) in [4.78, 5) is 12.9. The molecule has 1 aromatic rings. The lowest BCUT2D eigenvalue weighted by Crippen LogP contribution is -2.46. The first-order valence-electron chi connectivity index (χ1n) is 5.59. The molecule has 1 aliphatic rings. The summed E-state index contributed by atoms with van der Waals surface area (Å²) in [6.07, 6.45) is -6.01. The minimum Gasteiger partial charge on any atom is -0.489 e. The highest BCUT2D eigenvalue weighted by atomic mass is 35.5. The molecule has 1 atom stereocenters. The molecule has 0 aliphatic carbocycles. The fraction of sp³-hybridized carbons (Fsp3) is 0.417. The van der Waals surface area contributed by atoms with Crippen molar-refractivity contribution in [1.29, 1.82) is 0 Å². The summed E-state index contributed by atoms with van der Waals surface area (Å²) >= 11 is 5.78. The minimum atomic E-state index is -4.53. The summed E-state index contributed by atoms with van der Waals surface area (Å²) in [5, 5.41) is 0.400.